The van der Waals surface area contributed by atoms with Crippen LogP contribution in [0.2, 0.25) is 0 Å². The fraction of sp³-hybridized carbons (Fsp3) is 0.500. The lowest BCUT2D eigenvalue weighted by molar-refractivity contribution is -0.385. The maximum absolute atomic E-state index is 13.4. The quantitative estimate of drug-likeness (QED) is 0.602. The van der Waals surface area contributed by atoms with Crippen LogP contribution in [-0.2, 0) is 10.2 Å². The monoisotopic (exact) mass is 331 g/mol. The molecule has 0 N–H and O–H groups in total. The summed E-state index contributed by atoms with van der Waals surface area (Å²) in [6.45, 7) is 0.601. The number of rotatable bonds is 3. The molecule has 2 aliphatic heterocycles. The standard InChI is InChI=1S/C12H14FN3O5S/c1-14-7-11-12(2-3-15(11)22(14,19)20)21-10-5-8(13)4-9(6-10)16(17)18/h4-6,11-12H,2-3,7H2,1H3/t11?,12-/m0/s1. The fourth-order valence-electron chi connectivity index (χ4n) is 2.86. The first-order valence-corrected chi connectivity index (χ1v) is 8.03. The van der Waals surface area contributed by atoms with E-state index in [-0.39, 0.29) is 18.3 Å². The van der Waals surface area contributed by atoms with Crippen LogP contribution >= 0.6 is 0 Å². The normalized spacial score (nSPS) is 27.7. The molecule has 1 unspecified atom stereocenters. The van der Waals surface area contributed by atoms with Crippen LogP contribution in [0.25, 0.3) is 0 Å². The van der Waals surface area contributed by atoms with Gasteiger partial charge in [-0.25, -0.2) is 4.39 Å². The smallest absolute Gasteiger partial charge is 0.282 e. The predicted octanol–water partition coefficient (Wildman–Crippen LogP) is 0.746. The second-order valence-corrected chi connectivity index (χ2v) is 7.30. The molecule has 2 fully saturated rings. The van der Waals surface area contributed by atoms with Crippen molar-refractivity contribution in [2.45, 2.75) is 18.6 Å². The minimum absolute atomic E-state index is 0.0329. The molecule has 0 spiro atoms. The number of nitrogens with zero attached hydrogens (tertiary/aromatic N) is 3. The van der Waals surface area contributed by atoms with E-state index in [4.69, 9.17) is 4.74 Å². The topological polar surface area (TPSA) is 93.0 Å². The maximum Gasteiger partial charge on any atom is 0.282 e. The minimum atomic E-state index is -3.45. The Morgan fingerprint density at radius 3 is 2.82 bits per heavy atom. The van der Waals surface area contributed by atoms with Gasteiger partial charge in [-0.2, -0.15) is 17.0 Å². The van der Waals surface area contributed by atoms with Crippen molar-refractivity contribution >= 4 is 15.9 Å². The van der Waals surface area contributed by atoms with E-state index < -0.39 is 32.7 Å². The zero-order valence-electron chi connectivity index (χ0n) is 11.7. The van der Waals surface area contributed by atoms with Gasteiger partial charge >= 0.3 is 0 Å². The molecule has 120 valence electrons. The Bertz CT molecular complexity index is 725. The Hall–Kier alpha value is -1.78. The van der Waals surface area contributed by atoms with E-state index in [2.05, 4.69) is 0 Å². The van der Waals surface area contributed by atoms with Gasteiger partial charge in [0.1, 0.15) is 17.7 Å². The zero-order chi connectivity index (χ0) is 16.1. The van der Waals surface area contributed by atoms with E-state index in [0.717, 1.165) is 18.2 Å². The third-order valence-corrected chi connectivity index (χ3v) is 5.90. The summed E-state index contributed by atoms with van der Waals surface area (Å²) in [6.07, 6.45) is 0.00308. The fourth-order valence-corrected chi connectivity index (χ4v) is 4.44. The highest BCUT2D eigenvalue weighted by molar-refractivity contribution is 7.87. The molecule has 0 bridgehead atoms. The molecular weight excluding hydrogens is 317 g/mol. The van der Waals surface area contributed by atoms with Crippen LogP contribution in [0.15, 0.2) is 18.2 Å². The predicted molar refractivity (Wildman–Crippen MR) is 74.1 cm³/mol. The Labute approximate surface area is 126 Å². The highest BCUT2D eigenvalue weighted by Crippen LogP contribution is 2.33. The maximum atomic E-state index is 13.4. The van der Waals surface area contributed by atoms with Crippen LogP contribution in [0.5, 0.6) is 5.75 Å². The molecule has 3 rings (SSSR count). The van der Waals surface area contributed by atoms with Crippen molar-refractivity contribution in [3.63, 3.8) is 0 Å². The van der Waals surface area contributed by atoms with Crippen LogP contribution in [0.3, 0.4) is 0 Å². The molecule has 2 heterocycles. The molecule has 2 aliphatic rings. The Morgan fingerprint density at radius 2 is 2.14 bits per heavy atom. The molecule has 2 saturated heterocycles. The summed E-state index contributed by atoms with van der Waals surface area (Å²) in [5.74, 6) is -0.735. The van der Waals surface area contributed by atoms with Gasteiger partial charge < -0.3 is 4.74 Å². The average Bonchev–Trinajstić information content (AvgIpc) is 2.90. The van der Waals surface area contributed by atoms with Crippen LogP contribution in [-0.4, -0.2) is 54.2 Å². The number of halogens is 1. The first kappa shape index (κ1) is 15.1. The van der Waals surface area contributed by atoms with Crippen molar-refractivity contribution in [3.05, 3.63) is 34.1 Å². The van der Waals surface area contributed by atoms with E-state index in [1.807, 2.05) is 0 Å². The number of nitro benzene ring substituents is 1. The van der Waals surface area contributed by atoms with Gasteiger partial charge in [0, 0.05) is 26.2 Å². The molecule has 2 atom stereocenters. The van der Waals surface area contributed by atoms with Crippen LogP contribution in [0.4, 0.5) is 10.1 Å². The number of likely N-dealkylation sites (N-methyl/N-ethyl adjacent to an activating group) is 1. The Morgan fingerprint density at radius 1 is 1.41 bits per heavy atom. The third-order valence-electron chi connectivity index (χ3n) is 3.92. The van der Waals surface area contributed by atoms with Crippen LogP contribution < -0.4 is 4.74 Å². The highest BCUT2D eigenvalue weighted by Gasteiger charge is 2.50. The van der Waals surface area contributed by atoms with E-state index in [9.17, 15) is 22.9 Å². The molecule has 1 aromatic rings. The Kier molecular flexibility index (Phi) is 3.54. The number of hydrogen-bond donors (Lipinski definition) is 0. The SMILES string of the molecule is CN1CC2[C@@H](Oc3cc(F)cc([N+](=O)[O-])c3)CCN2S1(=O)=O. The van der Waals surface area contributed by atoms with Crippen molar-refractivity contribution < 1.29 is 22.5 Å². The van der Waals surface area contributed by atoms with Gasteiger partial charge in [-0.1, -0.05) is 0 Å². The number of fused-ring (bicyclic) bond motifs is 1. The highest BCUT2D eigenvalue weighted by atomic mass is 32.2. The minimum Gasteiger partial charge on any atom is -0.488 e. The molecule has 10 heteroatoms. The van der Waals surface area contributed by atoms with Crippen molar-refractivity contribution in [2.75, 3.05) is 20.1 Å². The van der Waals surface area contributed by atoms with Gasteiger partial charge in [-0.15, -0.1) is 0 Å². The summed E-state index contributed by atoms with van der Waals surface area (Å²) < 4.78 is 45.7. The van der Waals surface area contributed by atoms with E-state index >= 15 is 0 Å². The van der Waals surface area contributed by atoms with Crippen molar-refractivity contribution in [3.8, 4) is 5.75 Å². The molecule has 1 aromatic carbocycles. The Balaban J connectivity index is 1.82. The summed E-state index contributed by atoms with van der Waals surface area (Å²) in [7, 11) is -1.97. The summed E-state index contributed by atoms with van der Waals surface area (Å²) in [5.41, 5.74) is -0.402. The number of ether oxygens (including phenoxy) is 1. The van der Waals surface area contributed by atoms with Gasteiger partial charge in [0.05, 0.1) is 23.1 Å². The van der Waals surface area contributed by atoms with Gasteiger partial charge in [0.15, 0.2) is 0 Å². The lowest BCUT2D eigenvalue weighted by Gasteiger charge is -2.19. The van der Waals surface area contributed by atoms with Gasteiger partial charge in [-0.3, -0.25) is 10.1 Å². The van der Waals surface area contributed by atoms with Crippen molar-refractivity contribution in [2.24, 2.45) is 0 Å². The number of non-ortho nitro benzene ring substituents is 1. The first-order valence-electron chi connectivity index (χ1n) is 6.64. The zero-order valence-corrected chi connectivity index (χ0v) is 12.5. The lowest BCUT2D eigenvalue weighted by Crippen LogP contribution is -2.35. The van der Waals surface area contributed by atoms with Gasteiger partial charge in [0.2, 0.25) is 0 Å². The molecule has 0 aliphatic carbocycles. The number of benzene rings is 1. The molecule has 22 heavy (non-hydrogen) atoms. The largest absolute Gasteiger partial charge is 0.488 e. The first-order chi connectivity index (χ1) is 10.3. The van der Waals surface area contributed by atoms with Crippen molar-refractivity contribution in [1.29, 1.82) is 0 Å². The molecule has 8 nitrogen and oxygen atoms in total. The van der Waals surface area contributed by atoms with E-state index in [1.165, 1.54) is 15.7 Å². The third kappa shape index (κ3) is 2.42. The summed E-state index contributed by atoms with van der Waals surface area (Å²) in [4.78, 5) is 10.0. The van der Waals surface area contributed by atoms with Gasteiger partial charge in [-0.05, 0) is 6.42 Å². The summed E-state index contributed by atoms with van der Waals surface area (Å²) >= 11 is 0. The second-order valence-electron chi connectivity index (χ2n) is 5.31. The second kappa shape index (κ2) is 5.14. The average molecular weight is 331 g/mol. The number of hydrogen-bond acceptors (Lipinski definition) is 5. The van der Waals surface area contributed by atoms with E-state index in [0.29, 0.717) is 13.0 Å². The molecule has 0 aromatic heterocycles. The lowest BCUT2D eigenvalue weighted by atomic mass is 10.1. The molecule has 0 radical (unpaired) electrons. The van der Waals surface area contributed by atoms with Crippen LogP contribution in [0.1, 0.15) is 6.42 Å². The van der Waals surface area contributed by atoms with E-state index in [1.54, 1.807) is 0 Å². The summed E-state index contributed by atoms with van der Waals surface area (Å²) in [6, 6.07) is 2.64. The molecule has 0 amide bonds. The molecule has 0 saturated carbocycles. The van der Waals surface area contributed by atoms with Crippen molar-refractivity contribution in [1.82, 2.24) is 8.61 Å². The van der Waals surface area contributed by atoms with Gasteiger partial charge in [0.25, 0.3) is 15.9 Å². The summed E-state index contributed by atoms with van der Waals surface area (Å²) in [5, 5.41) is 10.7. The number of nitro groups is 1. The van der Waals surface area contributed by atoms with Crippen LogP contribution in [0, 0.1) is 15.9 Å². The molecular formula is C12H14FN3O5S.